The zero-order valence-corrected chi connectivity index (χ0v) is 11.9. The Labute approximate surface area is 117 Å². The number of hydrogen-bond acceptors (Lipinski definition) is 4. The molecule has 1 aromatic rings. The van der Waals surface area contributed by atoms with Crippen LogP contribution >= 0.6 is 0 Å². The molecule has 0 atom stereocenters. The highest BCUT2D eigenvalue weighted by atomic mass is 19.1. The molecular weight excluding hydrogens is 263 g/mol. The topological polar surface area (TPSA) is 52.6 Å². The highest BCUT2D eigenvalue weighted by Gasteiger charge is 2.30. The van der Waals surface area contributed by atoms with E-state index in [0.29, 0.717) is 5.56 Å². The van der Waals surface area contributed by atoms with Gasteiger partial charge in [0.15, 0.2) is 5.92 Å². The smallest absolute Gasteiger partial charge is 0.320 e. The largest absolute Gasteiger partial charge is 0.465 e. The van der Waals surface area contributed by atoms with E-state index in [1.807, 2.05) is 0 Å². The highest BCUT2D eigenvalue weighted by molar-refractivity contribution is 5.95. The lowest BCUT2D eigenvalue weighted by atomic mass is 9.96. The number of hydrogen-bond donors (Lipinski definition) is 0. The summed E-state index contributed by atoms with van der Waals surface area (Å²) < 4.78 is 23.0. The molecule has 0 saturated heterocycles. The van der Waals surface area contributed by atoms with E-state index in [1.54, 1.807) is 26.8 Å². The molecule has 0 saturated carbocycles. The first-order valence-electron chi connectivity index (χ1n) is 6.57. The van der Waals surface area contributed by atoms with E-state index in [2.05, 4.69) is 0 Å². The number of carbonyl (C=O) groups is 2. The first-order valence-corrected chi connectivity index (χ1v) is 6.57. The second kappa shape index (κ2) is 7.62. The summed E-state index contributed by atoms with van der Waals surface area (Å²) in [5.74, 6) is -2.75. The summed E-state index contributed by atoms with van der Waals surface area (Å²) in [4.78, 5) is 23.7. The average Bonchev–Trinajstić information content (AvgIpc) is 2.40. The van der Waals surface area contributed by atoms with Crippen molar-refractivity contribution in [1.29, 1.82) is 0 Å². The number of rotatable bonds is 6. The van der Waals surface area contributed by atoms with Crippen molar-refractivity contribution in [1.82, 2.24) is 0 Å². The second-order valence-electron chi connectivity index (χ2n) is 4.33. The van der Waals surface area contributed by atoms with Crippen LogP contribution in [0.25, 0.3) is 0 Å². The van der Waals surface area contributed by atoms with E-state index in [0.717, 1.165) is 5.56 Å². The fourth-order valence-electron chi connectivity index (χ4n) is 1.83. The number of aryl methyl sites for hydroxylation is 1. The molecule has 20 heavy (non-hydrogen) atoms. The zero-order valence-electron chi connectivity index (χ0n) is 11.9. The molecule has 5 heteroatoms. The van der Waals surface area contributed by atoms with Crippen LogP contribution in [-0.4, -0.2) is 25.2 Å². The van der Waals surface area contributed by atoms with E-state index in [1.165, 1.54) is 12.1 Å². The van der Waals surface area contributed by atoms with Crippen LogP contribution in [0.2, 0.25) is 0 Å². The van der Waals surface area contributed by atoms with Gasteiger partial charge in [0.05, 0.1) is 13.2 Å². The van der Waals surface area contributed by atoms with Gasteiger partial charge in [0.1, 0.15) is 5.82 Å². The molecule has 0 aliphatic heterocycles. The monoisotopic (exact) mass is 282 g/mol. The summed E-state index contributed by atoms with van der Waals surface area (Å²) in [6, 6.07) is 4.27. The minimum atomic E-state index is -1.06. The Hall–Kier alpha value is -1.91. The van der Waals surface area contributed by atoms with Crippen LogP contribution in [0.15, 0.2) is 18.2 Å². The van der Waals surface area contributed by atoms with Crippen LogP contribution in [0.5, 0.6) is 0 Å². The van der Waals surface area contributed by atoms with Crippen LogP contribution in [0.3, 0.4) is 0 Å². The van der Waals surface area contributed by atoms with Crippen molar-refractivity contribution in [3.63, 3.8) is 0 Å². The lowest BCUT2D eigenvalue weighted by Crippen LogP contribution is -2.30. The molecule has 1 aromatic carbocycles. The highest BCUT2D eigenvalue weighted by Crippen LogP contribution is 2.17. The third kappa shape index (κ3) is 4.33. The predicted molar refractivity (Wildman–Crippen MR) is 71.6 cm³/mol. The molecule has 0 amide bonds. The Bertz CT molecular complexity index is 467. The summed E-state index contributed by atoms with van der Waals surface area (Å²) in [7, 11) is 0. The van der Waals surface area contributed by atoms with Crippen LogP contribution in [0.4, 0.5) is 4.39 Å². The van der Waals surface area contributed by atoms with Gasteiger partial charge >= 0.3 is 11.9 Å². The first kappa shape index (κ1) is 16.1. The molecule has 4 nitrogen and oxygen atoms in total. The van der Waals surface area contributed by atoms with Crippen molar-refractivity contribution >= 4 is 11.9 Å². The molecule has 0 fully saturated rings. The maximum Gasteiger partial charge on any atom is 0.320 e. The SMILES string of the molecule is CCOC(=O)C(Cc1cc(F)ccc1C)C(=O)OCC. The van der Waals surface area contributed by atoms with Gasteiger partial charge < -0.3 is 9.47 Å². The molecule has 0 aliphatic rings. The van der Waals surface area contributed by atoms with Gasteiger partial charge in [-0.3, -0.25) is 9.59 Å². The average molecular weight is 282 g/mol. The predicted octanol–water partition coefficient (Wildman–Crippen LogP) is 2.42. The standard InChI is InChI=1S/C15H19FO4/c1-4-19-14(17)13(15(18)20-5-2)9-11-8-12(16)7-6-10(11)3/h6-8,13H,4-5,9H2,1-3H3. The fraction of sp³-hybridized carbons (Fsp3) is 0.467. The van der Waals surface area contributed by atoms with Gasteiger partial charge in [-0.05, 0) is 50.5 Å². The van der Waals surface area contributed by atoms with E-state index >= 15 is 0 Å². The number of benzene rings is 1. The minimum Gasteiger partial charge on any atom is -0.465 e. The van der Waals surface area contributed by atoms with E-state index in [9.17, 15) is 14.0 Å². The second-order valence-corrected chi connectivity index (χ2v) is 4.33. The van der Waals surface area contributed by atoms with Crippen LogP contribution in [-0.2, 0) is 25.5 Å². The molecule has 0 N–H and O–H groups in total. The summed E-state index contributed by atoms with van der Waals surface area (Å²) >= 11 is 0. The van der Waals surface area contributed by atoms with Gasteiger partial charge in [0, 0.05) is 0 Å². The molecule has 1 rings (SSSR count). The Morgan fingerprint density at radius 3 is 2.20 bits per heavy atom. The molecule has 0 aliphatic carbocycles. The molecule has 0 heterocycles. The maximum absolute atomic E-state index is 13.3. The number of halogens is 1. The lowest BCUT2D eigenvalue weighted by molar-refractivity contribution is -0.161. The Kier molecular flexibility index (Phi) is 6.15. The summed E-state index contributed by atoms with van der Waals surface area (Å²) in [6.45, 7) is 5.47. The van der Waals surface area contributed by atoms with Crippen molar-refractivity contribution < 1.29 is 23.5 Å². The molecule has 0 unspecified atom stereocenters. The number of carbonyl (C=O) groups excluding carboxylic acids is 2. The third-order valence-corrected chi connectivity index (χ3v) is 2.88. The van der Waals surface area contributed by atoms with Crippen molar-refractivity contribution in [2.75, 3.05) is 13.2 Å². The molecule has 0 radical (unpaired) electrons. The minimum absolute atomic E-state index is 0.0707. The first-order chi connectivity index (χ1) is 9.49. The molecular formula is C15H19FO4. The van der Waals surface area contributed by atoms with Crippen LogP contribution in [0, 0.1) is 18.7 Å². The number of esters is 2. The van der Waals surface area contributed by atoms with Gasteiger partial charge in [-0.15, -0.1) is 0 Å². The van der Waals surface area contributed by atoms with Crippen molar-refractivity contribution in [3.05, 3.63) is 35.1 Å². The summed E-state index contributed by atoms with van der Waals surface area (Å²) in [5.41, 5.74) is 1.40. The van der Waals surface area contributed by atoms with E-state index < -0.39 is 23.7 Å². The van der Waals surface area contributed by atoms with Crippen LogP contribution in [0.1, 0.15) is 25.0 Å². The molecule has 110 valence electrons. The van der Waals surface area contributed by atoms with Gasteiger partial charge in [0.2, 0.25) is 0 Å². The lowest BCUT2D eigenvalue weighted by Gasteiger charge is -2.15. The van der Waals surface area contributed by atoms with Crippen LogP contribution < -0.4 is 0 Å². The summed E-state index contributed by atoms with van der Waals surface area (Å²) in [5, 5.41) is 0. The quantitative estimate of drug-likeness (QED) is 0.594. The normalized spacial score (nSPS) is 10.4. The van der Waals surface area contributed by atoms with Gasteiger partial charge in [-0.1, -0.05) is 6.07 Å². The van der Waals surface area contributed by atoms with Gasteiger partial charge in [-0.25, -0.2) is 4.39 Å². The number of ether oxygens (including phenoxy) is 2. The van der Waals surface area contributed by atoms with E-state index in [-0.39, 0.29) is 19.6 Å². The van der Waals surface area contributed by atoms with Gasteiger partial charge in [0.25, 0.3) is 0 Å². The van der Waals surface area contributed by atoms with Crippen molar-refractivity contribution in [2.24, 2.45) is 5.92 Å². The van der Waals surface area contributed by atoms with Crippen molar-refractivity contribution in [2.45, 2.75) is 27.2 Å². The maximum atomic E-state index is 13.3. The summed E-state index contributed by atoms with van der Waals surface area (Å²) in [6.07, 6.45) is 0.0707. The molecule has 0 aromatic heterocycles. The van der Waals surface area contributed by atoms with E-state index in [4.69, 9.17) is 9.47 Å². The fourth-order valence-corrected chi connectivity index (χ4v) is 1.83. The zero-order chi connectivity index (χ0) is 15.1. The Morgan fingerprint density at radius 2 is 1.70 bits per heavy atom. The third-order valence-electron chi connectivity index (χ3n) is 2.88. The molecule has 0 spiro atoms. The van der Waals surface area contributed by atoms with Gasteiger partial charge in [-0.2, -0.15) is 0 Å². The van der Waals surface area contributed by atoms with Crippen molar-refractivity contribution in [3.8, 4) is 0 Å². The Morgan fingerprint density at radius 1 is 1.15 bits per heavy atom. The molecule has 0 bridgehead atoms. The Balaban J connectivity index is 2.96.